The van der Waals surface area contributed by atoms with Gasteiger partial charge in [0.15, 0.2) is 6.10 Å². The molecule has 5 rings (SSSR count). The summed E-state index contributed by atoms with van der Waals surface area (Å²) in [4.78, 5) is 59.9. The van der Waals surface area contributed by atoms with E-state index in [0.29, 0.717) is 32.3 Å². The molecule has 2 aromatic heterocycles. The predicted octanol–water partition coefficient (Wildman–Crippen LogP) is 4.95. The Hall–Kier alpha value is -6.68. The van der Waals surface area contributed by atoms with Crippen molar-refractivity contribution in [3.63, 3.8) is 0 Å². The van der Waals surface area contributed by atoms with Crippen LogP contribution in [0.2, 0.25) is 0 Å². The molecule has 3 aromatic carbocycles. The Balaban J connectivity index is 0.000000287. The summed E-state index contributed by atoms with van der Waals surface area (Å²) < 4.78 is 93.4. The quantitative estimate of drug-likeness (QED) is 0.105. The van der Waals surface area contributed by atoms with E-state index in [-0.39, 0.29) is 53.2 Å². The van der Waals surface area contributed by atoms with Gasteiger partial charge in [-0.15, -0.1) is 11.6 Å². The summed E-state index contributed by atoms with van der Waals surface area (Å²) in [5.41, 5.74) is -1.80. The first-order valence-corrected chi connectivity index (χ1v) is 20.2. The molecule has 0 saturated heterocycles. The molecule has 2 N–H and O–H groups in total. The maximum absolute atomic E-state index is 13.1. The second kappa shape index (κ2) is 21.2. The van der Waals surface area contributed by atoms with Crippen molar-refractivity contribution in [1.29, 1.82) is 0 Å². The fourth-order valence-electron chi connectivity index (χ4n) is 5.29. The molecule has 18 nitrogen and oxygen atoms in total. The second-order valence-corrected chi connectivity index (χ2v) is 14.7. The van der Waals surface area contributed by atoms with E-state index in [1.54, 1.807) is 19.9 Å². The zero-order valence-electron chi connectivity index (χ0n) is 34.0. The van der Waals surface area contributed by atoms with Gasteiger partial charge in [-0.25, -0.2) is 32.1 Å². The third kappa shape index (κ3) is 12.7. The first-order chi connectivity index (χ1) is 29.3. The number of amides is 2. The largest absolute Gasteiger partial charge is 0.491 e. The Morgan fingerprint density at radius 2 is 1.63 bits per heavy atom. The number of carbonyl (C=O) groups is 2. The van der Waals surface area contributed by atoms with Gasteiger partial charge in [0.2, 0.25) is 5.95 Å². The molecule has 0 spiro atoms. The maximum atomic E-state index is 13.1. The van der Waals surface area contributed by atoms with Crippen molar-refractivity contribution < 1.29 is 54.9 Å². The zero-order chi connectivity index (χ0) is 45.8. The highest BCUT2D eigenvalue weighted by Crippen LogP contribution is 2.28. The molecule has 1 unspecified atom stereocenters. The molecule has 0 saturated carbocycles. The van der Waals surface area contributed by atoms with Crippen LogP contribution in [0.1, 0.15) is 36.5 Å². The van der Waals surface area contributed by atoms with Crippen molar-refractivity contribution in [1.82, 2.24) is 28.8 Å². The van der Waals surface area contributed by atoms with Gasteiger partial charge < -0.3 is 23.7 Å². The molecule has 0 fully saturated rings. The van der Waals surface area contributed by atoms with Crippen LogP contribution in [0.5, 0.6) is 23.3 Å². The van der Waals surface area contributed by atoms with Crippen LogP contribution in [-0.4, -0.2) is 77.3 Å². The number of ether oxygens (including phenoxy) is 5. The van der Waals surface area contributed by atoms with Gasteiger partial charge in [0.1, 0.15) is 46.9 Å². The zero-order valence-corrected chi connectivity index (χ0v) is 35.6. The number of hydrogen-bond acceptors (Lipinski definition) is 14. The first kappa shape index (κ1) is 48.0. The highest BCUT2D eigenvalue weighted by Gasteiger charge is 2.35. The second-order valence-electron chi connectivity index (χ2n) is 12.6. The van der Waals surface area contributed by atoms with E-state index in [0.717, 1.165) is 19.0 Å². The van der Waals surface area contributed by atoms with Crippen LogP contribution in [-0.2, 0) is 45.8 Å². The van der Waals surface area contributed by atoms with Crippen LogP contribution in [0, 0.1) is 6.92 Å². The van der Waals surface area contributed by atoms with Gasteiger partial charge in [0.05, 0.1) is 25.8 Å². The minimum Gasteiger partial charge on any atom is -0.491 e. The molecule has 0 bridgehead atoms. The monoisotopic (exact) mass is 907 g/mol. The van der Waals surface area contributed by atoms with Crippen LogP contribution >= 0.6 is 11.6 Å². The first-order valence-electron chi connectivity index (χ1n) is 18.2. The average molecular weight is 908 g/mol. The average Bonchev–Trinajstić information content (AvgIpc) is 3.23. The Labute approximate surface area is 357 Å². The van der Waals surface area contributed by atoms with E-state index in [2.05, 4.69) is 20.3 Å². The molecule has 332 valence electrons. The standard InChI is InChI=1S/C25H25F3N2O6.C14H16ClN5O5S/c1-5-16-6-7-17(20(12-16)36-15(2)23(32)34-4)14-35-19-10-8-18(9-11-19)30-22(31)13-21(25(26,27)28)29(3)24(30)33;1-9-16-12(19-14(17-9)24-2)18-13(21)20-26(22,23)11-6-4-3-5-10(11)25-8-7-15/h6-13,15H,5,14H2,1-4H3;3-6H,7-8H2,1-2H3,(H2,16,17,18,19,20,21). The topological polar surface area (TPSA) is 221 Å². The van der Waals surface area contributed by atoms with Gasteiger partial charge in [-0.1, -0.05) is 31.2 Å². The number of sulfonamides is 1. The highest BCUT2D eigenvalue weighted by molar-refractivity contribution is 7.90. The van der Waals surface area contributed by atoms with Gasteiger partial charge in [-0.05, 0) is 68.3 Å². The number of aromatic nitrogens is 5. The third-order valence-electron chi connectivity index (χ3n) is 8.31. The summed E-state index contributed by atoms with van der Waals surface area (Å²) in [6.07, 6.45) is -4.91. The number of aryl methyl sites for hydroxylation is 2. The molecule has 1 atom stereocenters. The van der Waals surface area contributed by atoms with Gasteiger partial charge in [0.25, 0.3) is 15.6 Å². The number of urea groups is 1. The molecule has 5 aromatic rings. The molecule has 62 heavy (non-hydrogen) atoms. The maximum Gasteiger partial charge on any atom is 0.431 e. The lowest BCUT2D eigenvalue weighted by Crippen LogP contribution is -2.40. The van der Waals surface area contributed by atoms with Crippen molar-refractivity contribution in [3.8, 4) is 28.9 Å². The van der Waals surface area contributed by atoms with Gasteiger partial charge in [-0.3, -0.25) is 14.7 Å². The van der Waals surface area contributed by atoms with Crippen LogP contribution in [0.25, 0.3) is 5.69 Å². The van der Waals surface area contributed by atoms with Crippen molar-refractivity contribution >= 4 is 39.6 Å². The number of methoxy groups -OCH3 is 2. The Morgan fingerprint density at radius 1 is 0.935 bits per heavy atom. The molecule has 2 amide bonds. The number of benzene rings is 3. The van der Waals surface area contributed by atoms with E-state index in [1.807, 2.05) is 29.8 Å². The van der Waals surface area contributed by atoms with E-state index in [1.165, 1.54) is 56.7 Å². The number of esters is 1. The molecule has 0 radical (unpaired) electrons. The Bertz CT molecular complexity index is 2610. The fourth-order valence-corrected chi connectivity index (χ4v) is 6.42. The summed E-state index contributed by atoms with van der Waals surface area (Å²) in [5.74, 6) is 0.701. The summed E-state index contributed by atoms with van der Waals surface area (Å²) >= 11 is 5.55. The van der Waals surface area contributed by atoms with Crippen molar-refractivity contribution in [2.75, 3.05) is 32.0 Å². The molecular weight excluding hydrogens is 867 g/mol. The summed E-state index contributed by atoms with van der Waals surface area (Å²) in [6, 6.07) is 16.5. The third-order valence-corrected chi connectivity index (χ3v) is 9.84. The van der Waals surface area contributed by atoms with Crippen molar-refractivity contribution in [2.24, 2.45) is 7.05 Å². The predicted molar refractivity (Wildman–Crippen MR) is 218 cm³/mol. The summed E-state index contributed by atoms with van der Waals surface area (Å²) in [6.45, 7) is 5.31. The number of para-hydroxylation sites is 1. The van der Waals surface area contributed by atoms with E-state index >= 15 is 0 Å². The molecular formula is C39H41ClF3N7O11S. The lowest BCUT2D eigenvalue weighted by molar-refractivity contribution is -0.148. The highest BCUT2D eigenvalue weighted by atomic mass is 35.5. The smallest absolute Gasteiger partial charge is 0.431 e. The Kier molecular flexibility index (Phi) is 16.4. The minimum absolute atomic E-state index is 0.0181. The molecule has 0 aliphatic rings. The fraction of sp³-hybridized carbons (Fsp3) is 0.308. The normalized spacial score (nSPS) is 11.6. The SMILES string of the molecule is CCc1ccc(COc2ccc(-n3c(=O)cc(C(F)(F)F)n(C)c3=O)cc2)c(OC(C)C(=O)OC)c1.COc1nc(C)nc(NC(=O)NS(=O)(=O)c2ccccc2OCCCl)n1. The van der Waals surface area contributed by atoms with Crippen LogP contribution in [0.15, 0.2) is 87.3 Å². The minimum atomic E-state index is -4.84. The number of halogens is 4. The number of nitrogens with zero attached hydrogens (tertiary/aromatic N) is 5. The number of hydrogen-bond donors (Lipinski definition) is 2. The summed E-state index contributed by atoms with van der Waals surface area (Å²) in [5, 5.41) is 2.21. The lowest BCUT2D eigenvalue weighted by atomic mass is 10.1. The summed E-state index contributed by atoms with van der Waals surface area (Å²) in [7, 11) is -0.633. The molecule has 23 heteroatoms. The molecule has 0 aliphatic heterocycles. The van der Waals surface area contributed by atoms with Gasteiger partial charge in [-0.2, -0.15) is 28.1 Å². The van der Waals surface area contributed by atoms with E-state index in [4.69, 9.17) is 35.3 Å². The van der Waals surface area contributed by atoms with Crippen molar-refractivity contribution in [2.45, 2.75) is 51.0 Å². The van der Waals surface area contributed by atoms with Gasteiger partial charge in [0, 0.05) is 18.7 Å². The van der Waals surface area contributed by atoms with Gasteiger partial charge >= 0.3 is 29.9 Å². The molecule has 0 aliphatic carbocycles. The van der Waals surface area contributed by atoms with Crippen molar-refractivity contribution in [3.05, 3.63) is 116 Å². The number of nitrogens with one attached hydrogen (secondary N) is 2. The number of anilines is 1. The lowest BCUT2D eigenvalue weighted by Gasteiger charge is -2.17. The van der Waals surface area contributed by atoms with Crippen LogP contribution < -0.4 is 40.2 Å². The van der Waals surface area contributed by atoms with E-state index in [9.17, 15) is 40.8 Å². The van der Waals surface area contributed by atoms with Crippen LogP contribution in [0.4, 0.5) is 23.9 Å². The number of rotatable bonds is 15. The number of alkyl halides is 4. The van der Waals surface area contributed by atoms with Crippen LogP contribution in [0.3, 0.4) is 0 Å². The number of carbonyl (C=O) groups excluding carboxylic acids is 2. The molecule has 2 heterocycles. The van der Waals surface area contributed by atoms with E-state index < -0.39 is 51.2 Å². The Morgan fingerprint density at radius 3 is 2.26 bits per heavy atom.